The standard InChI is InChI=1S/C29H34BrN3O5S/c1-5-21(2)31-29(35)22(3)32(19-23-10-9-11-26(18-23)38-4)28(34)20-33(25-16-14-24(30)15-17-25)39(36,37)27-12-7-6-8-13-27/h6-18,21-22H,5,19-20H2,1-4H3,(H,31,35)/t21-,22+/m1/s1. The van der Waals surface area contributed by atoms with Gasteiger partial charge in [-0.3, -0.25) is 13.9 Å². The third-order valence-corrected chi connectivity index (χ3v) is 8.70. The van der Waals surface area contributed by atoms with Crippen LogP contribution in [-0.2, 0) is 26.2 Å². The number of hydrogen-bond donors (Lipinski definition) is 1. The minimum Gasteiger partial charge on any atom is -0.497 e. The van der Waals surface area contributed by atoms with Crippen molar-refractivity contribution in [1.82, 2.24) is 10.2 Å². The summed E-state index contributed by atoms with van der Waals surface area (Å²) in [6.45, 7) is 5.08. The molecule has 0 heterocycles. The van der Waals surface area contributed by atoms with Crippen LogP contribution >= 0.6 is 15.9 Å². The van der Waals surface area contributed by atoms with Crippen LogP contribution in [0.2, 0.25) is 0 Å². The average Bonchev–Trinajstić information content (AvgIpc) is 2.95. The van der Waals surface area contributed by atoms with Crippen molar-refractivity contribution in [2.45, 2.75) is 50.7 Å². The fraction of sp³-hybridized carbons (Fsp3) is 0.310. The van der Waals surface area contributed by atoms with Crippen LogP contribution < -0.4 is 14.4 Å². The van der Waals surface area contributed by atoms with E-state index in [0.29, 0.717) is 11.4 Å². The lowest BCUT2D eigenvalue weighted by Gasteiger charge is -2.32. The monoisotopic (exact) mass is 615 g/mol. The number of halogens is 1. The first kappa shape index (κ1) is 30.2. The zero-order valence-corrected chi connectivity index (χ0v) is 24.9. The fourth-order valence-corrected chi connectivity index (χ4v) is 5.57. The van der Waals surface area contributed by atoms with Gasteiger partial charge in [0, 0.05) is 17.1 Å². The van der Waals surface area contributed by atoms with Gasteiger partial charge in [-0.1, -0.05) is 53.2 Å². The topological polar surface area (TPSA) is 96.0 Å². The maximum atomic E-state index is 13.9. The molecule has 0 aliphatic carbocycles. The fourth-order valence-electron chi connectivity index (χ4n) is 3.87. The van der Waals surface area contributed by atoms with Crippen LogP contribution in [0.4, 0.5) is 5.69 Å². The van der Waals surface area contributed by atoms with E-state index in [-0.39, 0.29) is 23.4 Å². The Kier molecular flexibility index (Phi) is 10.5. The highest BCUT2D eigenvalue weighted by Crippen LogP contribution is 2.26. The third-order valence-electron chi connectivity index (χ3n) is 6.38. The average molecular weight is 617 g/mol. The molecule has 39 heavy (non-hydrogen) atoms. The van der Waals surface area contributed by atoms with E-state index in [4.69, 9.17) is 4.74 Å². The zero-order chi connectivity index (χ0) is 28.6. The van der Waals surface area contributed by atoms with Gasteiger partial charge >= 0.3 is 0 Å². The highest BCUT2D eigenvalue weighted by Gasteiger charge is 2.32. The SMILES string of the molecule is CC[C@@H](C)NC(=O)[C@H](C)N(Cc1cccc(OC)c1)C(=O)CN(c1ccc(Br)cc1)S(=O)(=O)c1ccccc1. The lowest BCUT2D eigenvalue weighted by atomic mass is 10.1. The summed E-state index contributed by atoms with van der Waals surface area (Å²) in [5.41, 5.74) is 1.07. The molecule has 2 amide bonds. The first-order chi connectivity index (χ1) is 18.6. The molecule has 0 aromatic heterocycles. The highest BCUT2D eigenvalue weighted by atomic mass is 79.9. The van der Waals surface area contributed by atoms with Crippen molar-refractivity contribution in [1.29, 1.82) is 0 Å². The molecule has 0 saturated heterocycles. The number of carbonyl (C=O) groups is 2. The van der Waals surface area contributed by atoms with Gasteiger partial charge in [0.25, 0.3) is 10.0 Å². The zero-order valence-electron chi connectivity index (χ0n) is 22.5. The molecule has 0 unspecified atom stereocenters. The van der Waals surface area contributed by atoms with Crippen molar-refractivity contribution >= 4 is 43.5 Å². The molecular formula is C29H34BrN3O5S. The van der Waals surface area contributed by atoms with Crippen LogP contribution in [0.15, 0.2) is 88.2 Å². The Balaban J connectivity index is 2.01. The molecule has 0 aliphatic heterocycles. The molecule has 0 saturated carbocycles. The third kappa shape index (κ3) is 7.83. The lowest BCUT2D eigenvalue weighted by molar-refractivity contribution is -0.139. The van der Waals surface area contributed by atoms with Crippen molar-refractivity contribution in [2.75, 3.05) is 18.0 Å². The summed E-state index contributed by atoms with van der Waals surface area (Å²) in [5.74, 6) is -0.228. The quantitative estimate of drug-likeness (QED) is 0.310. The molecular weight excluding hydrogens is 582 g/mol. The van der Waals surface area contributed by atoms with Crippen LogP contribution in [0, 0.1) is 0 Å². The van der Waals surface area contributed by atoms with E-state index >= 15 is 0 Å². The largest absolute Gasteiger partial charge is 0.497 e. The van der Waals surface area contributed by atoms with Gasteiger partial charge in [-0.2, -0.15) is 0 Å². The van der Waals surface area contributed by atoms with Crippen LogP contribution in [0.5, 0.6) is 5.75 Å². The highest BCUT2D eigenvalue weighted by molar-refractivity contribution is 9.10. The Labute approximate surface area is 239 Å². The minimum absolute atomic E-state index is 0.0580. The summed E-state index contributed by atoms with van der Waals surface area (Å²) in [6.07, 6.45) is 0.731. The summed E-state index contributed by atoms with van der Waals surface area (Å²) < 4.78 is 34.7. The number of nitrogens with zero attached hydrogens (tertiary/aromatic N) is 2. The molecule has 208 valence electrons. The molecule has 0 radical (unpaired) electrons. The molecule has 0 spiro atoms. The summed E-state index contributed by atoms with van der Waals surface area (Å²) >= 11 is 3.38. The van der Waals surface area contributed by atoms with Crippen LogP contribution in [0.25, 0.3) is 0 Å². The second-order valence-corrected chi connectivity index (χ2v) is 11.9. The Hall–Kier alpha value is -3.37. The first-order valence-corrected chi connectivity index (χ1v) is 14.9. The molecule has 2 atom stereocenters. The van der Waals surface area contributed by atoms with Gasteiger partial charge < -0.3 is 15.0 Å². The van der Waals surface area contributed by atoms with Crippen LogP contribution in [0.1, 0.15) is 32.8 Å². The van der Waals surface area contributed by atoms with Crippen molar-refractivity contribution < 1.29 is 22.7 Å². The van der Waals surface area contributed by atoms with Gasteiger partial charge in [0.15, 0.2) is 0 Å². The molecule has 10 heteroatoms. The van der Waals surface area contributed by atoms with Crippen molar-refractivity contribution in [3.63, 3.8) is 0 Å². The number of rotatable bonds is 12. The van der Waals surface area contributed by atoms with Gasteiger partial charge in [0.2, 0.25) is 11.8 Å². The lowest BCUT2D eigenvalue weighted by Crippen LogP contribution is -2.52. The van der Waals surface area contributed by atoms with Crippen molar-refractivity contribution in [3.8, 4) is 5.75 Å². The molecule has 0 fully saturated rings. The van der Waals surface area contributed by atoms with Gasteiger partial charge in [-0.15, -0.1) is 0 Å². The first-order valence-electron chi connectivity index (χ1n) is 12.6. The summed E-state index contributed by atoms with van der Waals surface area (Å²) in [4.78, 5) is 28.5. The number of sulfonamides is 1. The molecule has 3 rings (SSSR count). The molecule has 3 aromatic carbocycles. The minimum atomic E-state index is -4.10. The number of benzene rings is 3. The molecule has 0 bridgehead atoms. The van der Waals surface area contributed by atoms with E-state index in [1.165, 1.54) is 17.0 Å². The predicted molar refractivity (Wildman–Crippen MR) is 156 cm³/mol. The van der Waals surface area contributed by atoms with Crippen molar-refractivity contribution in [2.24, 2.45) is 0 Å². The normalized spacial score (nSPS) is 12.7. The number of hydrogen-bond acceptors (Lipinski definition) is 5. The van der Waals surface area contributed by atoms with Gasteiger partial charge in [0.05, 0.1) is 17.7 Å². The summed E-state index contributed by atoms with van der Waals surface area (Å²) in [7, 11) is -2.55. The van der Waals surface area contributed by atoms with E-state index in [0.717, 1.165) is 20.8 Å². The Morgan fingerprint density at radius 1 is 0.974 bits per heavy atom. The number of carbonyl (C=O) groups excluding carboxylic acids is 2. The van der Waals surface area contributed by atoms with Crippen LogP contribution in [0.3, 0.4) is 0 Å². The van der Waals surface area contributed by atoms with E-state index in [1.54, 1.807) is 74.7 Å². The van der Waals surface area contributed by atoms with E-state index in [1.807, 2.05) is 19.9 Å². The number of nitrogens with one attached hydrogen (secondary N) is 1. The maximum Gasteiger partial charge on any atom is 0.264 e. The van der Waals surface area contributed by atoms with Gasteiger partial charge in [-0.25, -0.2) is 8.42 Å². The molecule has 3 aromatic rings. The number of ether oxygens (including phenoxy) is 1. The van der Waals surface area contributed by atoms with E-state index in [9.17, 15) is 18.0 Å². The van der Waals surface area contributed by atoms with Crippen LogP contribution in [-0.4, -0.2) is 50.9 Å². The Bertz CT molecular complexity index is 1370. The summed E-state index contributed by atoms with van der Waals surface area (Å²) in [6, 6.07) is 20.9. The van der Waals surface area contributed by atoms with E-state index < -0.39 is 28.5 Å². The smallest absolute Gasteiger partial charge is 0.264 e. The Morgan fingerprint density at radius 2 is 1.64 bits per heavy atom. The number of anilines is 1. The molecule has 8 nitrogen and oxygen atoms in total. The molecule has 0 aliphatic rings. The summed E-state index contributed by atoms with van der Waals surface area (Å²) in [5, 5.41) is 2.93. The predicted octanol–water partition coefficient (Wildman–Crippen LogP) is 4.99. The van der Waals surface area contributed by atoms with E-state index in [2.05, 4.69) is 21.2 Å². The maximum absolute atomic E-state index is 13.9. The molecule has 1 N–H and O–H groups in total. The second-order valence-electron chi connectivity index (χ2n) is 9.17. The van der Waals surface area contributed by atoms with Gasteiger partial charge in [0.1, 0.15) is 18.3 Å². The number of amides is 2. The Morgan fingerprint density at radius 3 is 2.26 bits per heavy atom. The van der Waals surface area contributed by atoms with Gasteiger partial charge in [-0.05, 0) is 74.4 Å². The second kappa shape index (κ2) is 13.6. The number of methoxy groups -OCH3 is 1. The van der Waals surface area contributed by atoms with Crippen molar-refractivity contribution in [3.05, 3.63) is 88.9 Å².